The molecule has 0 amide bonds. The SMILES string of the molecule is Cc1ccc(N2CCCC(N(Cc3ccnc(C)c3)Cc3cn(C4CC4)c4cc(N5CCO[C@H](CO)C5)c(F)cc4c3=O)C2)cn1. The molecule has 1 aliphatic carbocycles. The molecular weight excluding hydrogens is 583 g/mol. The lowest BCUT2D eigenvalue weighted by Crippen LogP contribution is -2.48. The van der Waals surface area contributed by atoms with Crippen LogP contribution in [0.3, 0.4) is 0 Å². The first-order chi connectivity index (χ1) is 22.4. The molecule has 3 aromatic heterocycles. The molecule has 1 aromatic carbocycles. The van der Waals surface area contributed by atoms with Crippen molar-refractivity contribution in [3.8, 4) is 0 Å². The van der Waals surface area contributed by atoms with Crippen LogP contribution in [0.1, 0.15) is 54.2 Å². The normalized spacial score (nSPS) is 20.5. The van der Waals surface area contributed by atoms with Gasteiger partial charge in [0.25, 0.3) is 0 Å². The number of halogens is 1. The van der Waals surface area contributed by atoms with E-state index in [1.54, 1.807) is 0 Å². The summed E-state index contributed by atoms with van der Waals surface area (Å²) in [6.45, 7) is 8.22. The van der Waals surface area contributed by atoms with Gasteiger partial charge < -0.3 is 24.2 Å². The maximum Gasteiger partial charge on any atom is 0.193 e. The highest BCUT2D eigenvalue weighted by Crippen LogP contribution is 2.38. The largest absolute Gasteiger partial charge is 0.394 e. The minimum Gasteiger partial charge on any atom is -0.394 e. The van der Waals surface area contributed by atoms with Gasteiger partial charge in [-0.3, -0.25) is 19.7 Å². The van der Waals surface area contributed by atoms with Gasteiger partial charge >= 0.3 is 0 Å². The number of anilines is 2. The summed E-state index contributed by atoms with van der Waals surface area (Å²) in [7, 11) is 0. The van der Waals surface area contributed by atoms with Crippen LogP contribution in [0.4, 0.5) is 15.8 Å². The smallest absolute Gasteiger partial charge is 0.193 e. The van der Waals surface area contributed by atoms with Crippen molar-refractivity contribution in [2.24, 2.45) is 0 Å². The fourth-order valence-electron chi connectivity index (χ4n) is 7.08. The van der Waals surface area contributed by atoms with Crippen molar-refractivity contribution in [2.75, 3.05) is 49.2 Å². The van der Waals surface area contributed by atoms with E-state index in [2.05, 4.69) is 48.6 Å². The summed E-state index contributed by atoms with van der Waals surface area (Å²) < 4.78 is 23.6. The molecule has 0 spiro atoms. The number of rotatable bonds is 9. The molecule has 2 atom stereocenters. The predicted octanol–water partition coefficient (Wildman–Crippen LogP) is 4.75. The Morgan fingerprint density at radius 3 is 2.63 bits per heavy atom. The number of hydrogen-bond acceptors (Lipinski definition) is 8. The second-order valence-electron chi connectivity index (χ2n) is 13.2. The van der Waals surface area contributed by atoms with Gasteiger partial charge in [0.05, 0.1) is 42.4 Å². The van der Waals surface area contributed by atoms with Crippen LogP contribution < -0.4 is 15.2 Å². The molecule has 2 saturated heterocycles. The van der Waals surface area contributed by atoms with E-state index < -0.39 is 5.82 Å². The van der Waals surface area contributed by atoms with E-state index in [1.165, 1.54) is 6.07 Å². The van der Waals surface area contributed by atoms with Crippen LogP contribution in [0.2, 0.25) is 0 Å². The molecule has 10 heteroatoms. The lowest BCUT2D eigenvalue weighted by Gasteiger charge is -2.40. The van der Waals surface area contributed by atoms with Crippen molar-refractivity contribution in [1.82, 2.24) is 19.4 Å². The van der Waals surface area contributed by atoms with Gasteiger partial charge in [0.15, 0.2) is 5.43 Å². The molecule has 46 heavy (non-hydrogen) atoms. The number of ether oxygens (including phenoxy) is 1. The van der Waals surface area contributed by atoms with Crippen LogP contribution in [0.25, 0.3) is 10.9 Å². The zero-order valence-corrected chi connectivity index (χ0v) is 26.7. The van der Waals surface area contributed by atoms with E-state index in [0.717, 1.165) is 66.9 Å². The van der Waals surface area contributed by atoms with E-state index in [4.69, 9.17) is 4.74 Å². The quantitative estimate of drug-likeness (QED) is 0.285. The fourth-order valence-corrected chi connectivity index (χ4v) is 7.08. The Morgan fingerprint density at radius 1 is 1.00 bits per heavy atom. The third-order valence-corrected chi connectivity index (χ3v) is 9.69. The Kier molecular flexibility index (Phi) is 8.76. The van der Waals surface area contributed by atoms with Crippen LogP contribution >= 0.6 is 0 Å². The Hall–Kier alpha value is -3.86. The third kappa shape index (κ3) is 6.52. The summed E-state index contributed by atoms with van der Waals surface area (Å²) >= 11 is 0. The van der Waals surface area contributed by atoms with E-state index in [-0.39, 0.29) is 24.2 Å². The van der Waals surface area contributed by atoms with Crippen LogP contribution in [0.15, 0.2) is 59.8 Å². The molecule has 0 bridgehead atoms. The molecule has 2 aliphatic heterocycles. The minimum absolute atomic E-state index is 0.112. The summed E-state index contributed by atoms with van der Waals surface area (Å²) in [6, 6.07) is 12.1. The lowest BCUT2D eigenvalue weighted by molar-refractivity contribution is 0.00341. The van der Waals surface area contributed by atoms with Gasteiger partial charge in [-0.05, 0) is 81.5 Å². The molecule has 3 fully saturated rings. The number of morpholine rings is 1. The third-order valence-electron chi connectivity index (χ3n) is 9.69. The highest BCUT2D eigenvalue weighted by Gasteiger charge is 2.31. The van der Waals surface area contributed by atoms with E-state index >= 15 is 4.39 Å². The number of benzene rings is 1. The second kappa shape index (κ2) is 13.1. The number of hydrogen-bond donors (Lipinski definition) is 1. The maximum atomic E-state index is 15.8. The summed E-state index contributed by atoms with van der Waals surface area (Å²) in [5, 5.41) is 10.1. The standard InChI is InChI=1S/C36H43FN6O3/c1-24-5-6-29(17-39-24)40-11-3-4-30(21-40)42(18-26-9-10-38-25(2)14-26)19-27-20-43(28-7-8-28)34-16-35(33(37)15-32(34)36(27)45)41-12-13-46-31(22-41)23-44/h5-6,9-10,14-17,20,28,30-31,44H,3-4,7-8,11-13,18-19,21-23H2,1-2H3/t30?,31-/m0/s1. The van der Waals surface area contributed by atoms with Gasteiger partial charge in [0.2, 0.25) is 0 Å². The number of piperidine rings is 1. The van der Waals surface area contributed by atoms with Crippen molar-refractivity contribution >= 4 is 22.3 Å². The van der Waals surface area contributed by atoms with Crippen molar-refractivity contribution in [1.29, 1.82) is 0 Å². The van der Waals surface area contributed by atoms with Gasteiger partial charge in [-0.25, -0.2) is 4.39 Å². The molecular formula is C36H43FN6O3. The molecule has 5 heterocycles. The number of pyridine rings is 3. The van der Waals surface area contributed by atoms with Crippen LogP contribution in [-0.2, 0) is 17.8 Å². The van der Waals surface area contributed by atoms with Gasteiger partial charge in [-0.15, -0.1) is 0 Å². The molecule has 1 unspecified atom stereocenters. The van der Waals surface area contributed by atoms with Crippen LogP contribution in [-0.4, -0.2) is 76.1 Å². The van der Waals surface area contributed by atoms with Crippen molar-refractivity contribution < 1.29 is 14.2 Å². The van der Waals surface area contributed by atoms with Gasteiger partial charge in [-0.2, -0.15) is 0 Å². The Morgan fingerprint density at radius 2 is 1.87 bits per heavy atom. The zero-order chi connectivity index (χ0) is 31.8. The zero-order valence-electron chi connectivity index (χ0n) is 26.7. The molecule has 0 radical (unpaired) electrons. The van der Waals surface area contributed by atoms with Gasteiger partial charge in [-0.1, -0.05) is 0 Å². The summed E-state index contributed by atoms with van der Waals surface area (Å²) in [4.78, 5) is 29.9. The lowest BCUT2D eigenvalue weighted by atomic mass is 10.0. The number of aliphatic hydroxyl groups excluding tert-OH is 1. The summed E-state index contributed by atoms with van der Waals surface area (Å²) in [5.41, 5.74) is 6.05. The maximum absolute atomic E-state index is 15.8. The van der Waals surface area contributed by atoms with E-state index in [1.807, 2.05) is 43.4 Å². The first-order valence-electron chi connectivity index (χ1n) is 16.5. The summed E-state index contributed by atoms with van der Waals surface area (Å²) in [5.74, 6) is -0.415. The van der Waals surface area contributed by atoms with Crippen LogP contribution in [0.5, 0.6) is 0 Å². The van der Waals surface area contributed by atoms with Crippen molar-refractivity contribution in [3.05, 3.63) is 93.5 Å². The molecule has 3 aliphatic rings. The molecule has 7 rings (SSSR count). The Labute approximate surface area is 269 Å². The molecule has 242 valence electrons. The van der Waals surface area contributed by atoms with E-state index in [9.17, 15) is 9.90 Å². The summed E-state index contributed by atoms with van der Waals surface area (Å²) in [6.07, 6.45) is 9.63. The van der Waals surface area contributed by atoms with Gasteiger partial charge in [0.1, 0.15) is 5.82 Å². The molecule has 9 nitrogen and oxygen atoms in total. The Balaban J connectivity index is 1.24. The fraction of sp³-hybridized carbons (Fsp3) is 0.472. The average Bonchev–Trinajstić information content (AvgIpc) is 3.92. The molecule has 1 N–H and O–H groups in total. The average molecular weight is 627 g/mol. The first kappa shape index (κ1) is 30.8. The number of aromatic nitrogens is 3. The predicted molar refractivity (Wildman–Crippen MR) is 178 cm³/mol. The number of aryl methyl sites for hydroxylation is 2. The minimum atomic E-state index is -0.415. The number of nitrogens with zero attached hydrogens (tertiary/aromatic N) is 6. The molecule has 1 saturated carbocycles. The highest BCUT2D eigenvalue weighted by atomic mass is 19.1. The highest BCUT2D eigenvalue weighted by molar-refractivity contribution is 5.84. The van der Waals surface area contributed by atoms with E-state index in [0.29, 0.717) is 55.5 Å². The first-order valence-corrected chi connectivity index (χ1v) is 16.5. The van der Waals surface area contributed by atoms with Crippen molar-refractivity contribution in [3.63, 3.8) is 0 Å². The van der Waals surface area contributed by atoms with Crippen LogP contribution in [0, 0.1) is 19.7 Å². The molecule has 4 aromatic rings. The monoisotopic (exact) mass is 626 g/mol. The second-order valence-corrected chi connectivity index (χ2v) is 13.2. The van der Waals surface area contributed by atoms with Gasteiger partial charge in [0, 0.05) is 86.1 Å². The number of fused-ring (bicyclic) bond motifs is 1. The van der Waals surface area contributed by atoms with Crippen molar-refractivity contribution in [2.45, 2.75) is 70.8 Å². The topological polar surface area (TPSA) is 87.0 Å². The number of aliphatic hydroxyl groups is 1. The Bertz CT molecular complexity index is 1760.